The normalized spacial score (nSPS) is 28.4. The lowest BCUT2D eigenvalue weighted by Crippen LogP contribution is -2.33. The van der Waals surface area contributed by atoms with Gasteiger partial charge in [0.05, 0.1) is 0 Å². The zero-order valence-electron chi connectivity index (χ0n) is 7.38. The molecule has 1 heterocycles. The molecular weight excluding hydrogens is 154 g/mol. The van der Waals surface area contributed by atoms with Crippen molar-refractivity contribution in [1.82, 2.24) is 0 Å². The predicted octanol–water partition coefficient (Wildman–Crippen LogP) is 2.40. The SMILES string of the molecule is CCCC(N)C1CCCCS1. The highest BCUT2D eigenvalue weighted by molar-refractivity contribution is 8.00. The van der Waals surface area contributed by atoms with Gasteiger partial charge >= 0.3 is 0 Å². The molecule has 0 amide bonds. The molecule has 1 fully saturated rings. The molecule has 0 aliphatic carbocycles. The Kier molecular flexibility index (Phi) is 4.31. The molecule has 0 saturated carbocycles. The number of hydrogen-bond donors (Lipinski definition) is 1. The lowest BCUT2D eigenvalue weighted by molar-refractivity contribution is 0.527. The Morgan fingerprint density at radius 3 is 2.91 bits per heavy atom. The van der Waals surface area contributed by atoms with Gasteiger partial charge in [0.2, 0.25) is 0 Å². The molecule has 2 atom stereocenters. The predicted molar refractivity (Wildman–Crippen MR) is 53.0 cm³/mol. The van der Waals surface area contributed by atoms with E-state index >= 15 is 0 Å². The van der Waals surface area contributed by atoms with Gasteiger partial charge in [-0.15, -0.1) is 0 Å². The van der Waals surface area contributed by atoms with Crippen LogP contribution in [0.4, 0.5) is 0 Å². The molecular formula is C9H19NS. The van der Waals surface area contributed by atoms with Crippen molar-refractivity contribution in [3.8, 4) is 0 Å². The van der Waals surface area contributed by atoms with E-state index in [1.807, 2.05) is 0 Å². The standard InChI is InChI=1S/C9H19NS/c1-2-5-8(10)9-6-3-4-7-11-9/h8-9H,2-7,10H2,1H3. The van der Waals surface area contributed by atoms with Crippen molar-refractivity contribution >= 4 is 11.8 Å². The first-order chi connectivity index (χ1) is 5.34. The first-order valence-corrected chi connectivity index (χ1v) is 5.76. The van der Waals surface area contributed by atoms with E-state index in [-0.39, 0.29) is 0 Å². The molecule has 66 valence electrons. The van der Waals surface area contributed by atoms with Gasteiger partial charge in [-0.1, -0.05) is 19.8 Å². The van der Waals surface area contributed by atoms with Crippen LogP contribution >= 0.6 is 11.8 Å². The second-order valence-electron chi connectivity index (χ2n) is 3.36. The quantitative estimate of drug-likeness (QED) is 0.709. The Morgan fingerprint density at radius 1 is 1.55 bits per heavy atom. The summed E-state index contributed by atoms with van der Waals surface area (Å²) in [6.45, 7) is 2.22. The molecule has 0 aromatic carbocycles. The van der Waals surface area contributed by atoms with E-state index in [1.54, 1.807) is 0 Å². The van der Waals surface area contributed by atoms with Crippen molar-refractivity contribution in [2.45, 2.75) is 50.3 Å². The highest BCUT2D eigenvalue weighted by Crippen LogP contribution is 2.28. The molecule has 0 radical (unpaired) electrons. The smallest absolute Gasteiger partial charge is 0.0199 e. The van der Waals surface area contributed by atoms with Crippen LogP contribution in [0.2, 0.25) is 0 Å². The van der Waals surface area contributed by atoms with E-state index in [9.17, 15) is 0 Å². The third kappa shape index (κ3) is 3.04. The minimum atomic E-state index is 0.463. The van der Waals surface area contributed by atoms with Crippen molar-refractivity contribution in [1.29, 1.82) is 0 Å². The van der Waals surface area contributed by atoms with Gasteiger partial charge in [0.1, 0.15) is 0 Å². The molecule has 2 N–H and O–H groups in total. The summed E-state index contributed by atoms with van der Waals surface area (Å²) in [5, 5.41) is 0.767. The van der Waals surface area contributed by atoms with E-state index in [2.05, 4.69) is 18.7 Å². The molecule has 2 heteroatoms. The summed E-state index contributed by atoms with van der Waals surface area (Å²) in [5.74, 6) is 1.34. The first kappa shape index (κ1) is 9.40. The molecule has 1 nitrogen and oxygen atoms in total. The summed E-state index contributed by atoms with van der Waals surface area (Å²) in [6, 6.07) is 0.463. The fourth-order valence-corrected chi connectivity index (χ4v) is 3.01. The largest absolute Gasteiger partial charge is 0.327 e. The Bertz CT molecular complexity index is 99.7. The summed E-state index contributed by atoms with van der Waals surface area (Å²) in [4.78, 5) is 0. The molecule has 2 unspecified atom stereocenters. The molecule has 1 saturated heterocycles. The minimum Gasteiger partial charge on any atom is -0.327 e. The third-order valence-corrected chi connectivity index (χ3v) is 3.85. The van der Waals surface area contributed by atoms with Crippen LogP contribution in [0.5, 0.6) is 0 Å². The molecule has 1 aliphatic heterocycles. The lowest BCUT2D eigenvalue weighted by atomic mass is 10.0. The summed E-state index contributed by atoms with van der Waals surface area (Å²) in [5.41, 5.74) is 6.04. The van der Waals surface area contributed by atoms with E-state index in [1.165, 1.54) is 37.9 Å². The van der Waals surface area contributed by atoms with Crippen LogP contribution in [-0.4, -0.2) is 17.0 Å². The summed E-state index contributed by atoms with van der Waals surface area (Å²) < 4.78 is 0. The van der Waals surface area contributed by atoms with Crippen LogP contribution < -0.4 is 5.73 Å². The Morgan fingerprint density at radius 2 is 2.36 bits per heavy atom. The number of hydrogen-bond acceptors (Lipinski definition) is 2. The van der Waals surface area contributed by atoms with Crippen molar-refractivity contribution in [2.75, 3.05) is 5.75 Å². The molecule has 0 bridgehead atoms. The van der Waals surface area contributed by atoms with E-state index in [0.717, 1.165) is 5.25 Å². The third-order valence-electron chi connectivity index (χ3n) is 2.31. The van der Waals surface area contributed by atoms with E-state index in [4.69, 9.17) is 5.73 Å². The highest BCUT2D eigenvalue weighted by Gasteiger charge is 2.19. The Hall–Kier alpha value is 0.310. The zero-order valence-corrected chi connectivity index (χ0v) is 8.20. The molecule has 1 aliphatic rings. The number of thioether (sulfide) groups is 1. The van der Waals surface area contributed by atoms with Crippen LogP contribution in [0.1, 0.15) is 39.0 Å². The van der Waals surface area contributed by atoms with Crippen LogP contribution in [0, 0.1) is 0 Å². The van der Waals surface area contributed by atoms with Crippen LogP contribution in [0.15, 0.2) is 0 Å². The Balaban J connectivity index is 2.21. The zero-order chi connectivity index (χ0) is 8.10. The monoisotopic (exact) mass is 173 g/mol. The van der Waals surface area contributed by atoms with Crippen molar-refractivity contribution in [3.63, 3.8) is 0 Å². The molecule has 1 rings (SSSR count). The fourth-order valence-electron chi connectivity index (χ4n) is 1.62. The summed E-state index contributed by atoms with van der Waals surface area (Å²) in [6.07, 6.45) is 6.59. The first-order valence-electron chi connectivity index (χ1n) is 4.71. The van der Waals surface area contributed by atoms with Crippen molar-refractivity contribution in [3.05, 3.63) is 0 Å². The number of rotatable bonds is 3. The average molecular weight is 173 g/mol. The maximum Gasteiger partial charge on any atom is 0.0199 e. The maximum atomic E-state index is 6.04. The van der Waals surface area contributed by atoms with E-state index < -0.39 is 0 Å². The van der Waals surface area contributed by atoms with E-state index in [0.29, 0.717) is 6.04 Å². The van der Waals surface area contributed by atoms with Gasteiger partial charge in [-0.2, -0.15) is 11.8 Å². The molecule has 0 aromatic rings. The fraction of sp³-hybridized carbons (Fsp3) is 1.00. The molecule has 11 heavy (non-hydrogen) atoms. The Labute approximate surface area is 74.1 Å². The molecule has 0 spiro atoms. The van der Waals surface area contributed by atoms with Crippen LogP contribution in [-0.2, 0) is 0 Å². The second-order valence-corrected chi connectivity index (χ2v) is 4.70. The van der Waals surface area contributed by atoms with Gasteiger partial charge in [0.15, 0.2) is 0 Å². The summed E-state index contributed by atoms with van der Waals surface area (Å²) >= 11 is 2.09. The van der Waals surface area contributed by atoms with Crippen molar-refractivity contribution in [2.24, 2.45) is 5.73 Å². The molecule has 0 aromatic heterocycles. The van der Waals surface area contributed by atoms with Gasteiger partial charge in [-0.3, -0.25) is 0 Å². The number of nitrogens with two attached hydrogens (primary N) is 1. The van der Waals surface area contributed by atoms with Gasteiger partial charge in [-0.25, -0.2) is 0 Å². The van der Waals surface area contributed by atoms with Gasteiger partial charge in [-0.05, 0) is 25.0 Å². The average Bonchev–Trinajstić information content (AvgIpc) is 2.07. The van der Waals surface area contributed by atoms with Gasteiger partial charge < -0.3 is 5.73 Å². The van der Waals surface area contributed by atoms with Crippen molar-refractivity contribution < 1.29 is 0 Å². The van der Waals surface area contributed by atoms with Crippen LogP contribution in [0.25, 0.3) is 0 Å². The minimum absolute atomic E-state index is 0.463. The second kappa shape index (κ2) is 5.04. The summed E-state index contributed by atoms with van der Waals surface area (Å²) in [7, 11) is 0. The topological polar surface area (TPSA) is 26.0 Å². The van der Waals surface area contributed by atoms with Crippen LogP contribution in [0.3, 0.4) is 0 Å². The highest BCUT2D eigenvalue weighted by atomic mass is 32.2. The van der Waals surface area contributed by atoms with Gasteiger partial charge in [0, 0.05) is 11.3 Å². The lowest BCUT2D eigenvalue weighted by Gasteiger charge is -2.26. The maximum absolute atomic E-state index is 6.04. The van der Waals surface area contributed by atoms with Gasteiger partial charge in [0.25, 0.3) is 0 Å².